The lowest BCUT2D eigenvalue weighted by Gasteiger charge is -2.21. The lowest BCUT2D eigenvalue weighted by atomic mass is 9.89. The summed E-state index contributed by atoms with van der Waals surface area (Å²) in [6, 6.07) is 6.22. The number of halogens is 1. The number of hydrogen-bond acceptors (Lipinski definition) is 2. The van der Waals surface area contributed by atoms with Gasteiger partial charge in [0.1, 0.15) is 5.82 Å². The quantitative estimate of drug-likeness (QED) is 0.580. The molecule has 0 atom stereocenters. The van der Waals surface area contributed by atoms with E-state index >= 15 is 0 Å². The van der Waals surface area contributed by atoms with Crippen molar-refractivity contribution in [1.82, 2.24) is 10.9 Å². The van der Waals surface area contributed by atoms with Crippen LogP contribution in [-0.4, -0.2) is 11.0 Å². The van der Waals surface area contributed by atoms with Crippen molar-refractivity contribution in [2.24, 2.45) is 5.92 Å². The van der Waals surface area contributed by atoms with Gasteiger partial charge in [0, 0.05) is 5.92 Å². The molecule has 1 aromatic carbocycles. The van der Waals surface area contributed by atoms with Gasteiger partial charge < -0.3 is 5.32 Å². The molecule has 2 rings (SSSR count). The zero-order chi connectivity index (χ0) is 14.4. The minimum atomic E-state index is -0.393. The minimum Gasteiger partial charge on any atom is -0.329 e. The molecule has 0 saturated heterocycles. The largest absolute Gasteiger partial charge is 0.329 e. The fourth-order valence-corrected chi connectivity index (χ4v) is 2.46. The molecule has 0 unspecified atom stereocenters. The third-order valence-electron chi connectivity index (χ3n) is 3.40. The Morgan fingerprint density at radius 2 is 1.85 bits per heavy atom. The minimum absolute atomic E-state index is 0.0486. The second-order valence-electron chi connectivity index (χ2n) is 4.88. The van der Waals surface area contributed by atoms with Crippen molar-refractivity contribution in [3.63, 3.8) is 0 Å². The van der Waals surface area contributed by atoms with Gasteiger partial charge in [-0.15, -0.1) is 0 Å². The average Bonchev–Trinajstić information content (AvgIpc) is 2.48. The van der Waals surface area contributed by atoms with Crippen LogP contribution in [0.3, 0.4) is 0 Å². The molecule has 4 nitrogen and oxygen atoms in total. The predicted octanol–water partition coefficient (Wildman–Crippen LogP) is 2.72. The number of hydrogen-bond donors (Lipinski definition) is 3. The fourth-order valence-electron chi connectivity index (χ4n) is 2.30. The first-order valence-electron chi connectivity index (χ1n) is 6.78. The van der Waals surface area contributed by atoms with E-state index in [2.05, 4.69) is 16.2 Å². The molecule has 0 spiro atoms. The number of benzene rings is 1. The zero-order valence-corrected chi connectivity index (χ0v) is 11.9. The van der Waals surface area contributed by atoms with E-state index in [0.29, 0.717) is 0 Å². The van der Waals surface area contributed by atoms with Crippen LogP contribution in [0.4, 0.5) is 10.1 Å². The van der Waals surface area contributed by atoms with E-state index in [-0.39, 0.29) is 22.6 Å². The van der Waals surface area contributed by atoms with E-state index in [9.17, 15) is 9.18 Å². The molecule has 1 aliphatic rings. The maximum Gasteiger partial charge on any atom is 0.241 e. The van der Waals surface area contributed by atoms with E-state index < -0.39 is 5.82 Å². The molecular formula is C14H18FN3OS. The summed E-state index contributed by atoms with van der Waals surface area (Å²) in [5.74, 6) is -0.398. The lowest BCUT2D eigenvalue weighted by Crippen LogP contribution is -2.46. The van der Waals surface area contributed by atoms with Crippen molar-refractivity contribution in [1.29, 1.82) is 0 Å². The van der Waals surface area contributed by atoms with Crippen LogP contribution in [0, 0.1) is 11.7 Å². The van der Waals surface area contributed by atoms with Crippen molar-refractivity contribution in [3.05, 3.63) is 30.1 Å². The Morgan fingerprint density at radius 3 is 2.55 bits per heavy atom. The van der Waals surface area contributed by atoms with Crippen LogP contribution in [0.25, 0.3) is 0 Å². The maximum absolute atomic E-state index is 13.4. The van der Waals surface area contributed by atoms with Gasteiger partial charge in [-0.3, -0.25) is 15.6 Å². The normalized spacial score (nSPS) is 15.4. The van der Waals surface area contributed by atoms with Gasteiger partial charge in [-0.2, -0.15) is 0 Å². The first-order chi connectivity index (χ1) is 9.66. The van der Waals surface area contributed by atoms with Gasteiger partial charge in [0.05, 0.1) is 5.69 Å². The van der Waals surface area contributed by atoms with Gasteiger partial charge in [-0.25, -0.2) is 4.39 Å². The highest BCUT2D eigenvalue weighted by atomic mass is 32.1. The summed E-state index contributed by atoms with van der Waals surface area (Å²) in [4.78, 5) is 11.9. The number of rotatable bonds is 2. The van der Waals surface area contributed by atoms with Gasteiger partial charge >= 0.3 is 0 Å². The zero-order valence-electron chi connectivity index (χ0n) is 11.1. The number of amides is 1. The first kappa shape index (κ1) is 14.7. The number of anilines is 1. The Morgan fingerprint density at radius 1 is 1.15 bits per heavy atom. The summed E-state index contributed by atoms with van der Waals surface area (Å²) in [6.07, 6.45) is 5.22. The van der Waals surface area contributed by atoms with Crippen LogP contribution in [0.15, 0.2) is 24.3 Å². The smallest absolute Gasteiger partial charge is 0.241 e. The van der Waals surface area contributed by atoms with Crippen molar-refractivity contribution >= 4 is 28.9 Å². The monoisotopic (exact) mass is 295 g/mol. The molecule has 1 amide bonds. The second-order valence-corrected chi connectivity index (χ2v) is 5.29. The molecule has 0 aliphatic heterocycles. The molecule has 1 saturated carbocycles. The Hall–Kier alpha value is -1.69. The Labute approximate surface area is 123 Å². The summed E-state index contributed by atoms with van der Waals surface area (Å²) < 4.78 is 13.4. The molecule has 3 N–H and O–H groups in total. The van der Waals surface area contributed by atoms with Crippen LogP contribution < -0.4 is 16.2 Å². The third-order valence-corrected chi connectivity index (χ3v) is 3.60. The summed E-state index contributed by atoms with van der Waals surface area (Å²) in [5, 5.41) is 2.87. The van der Waals surface area contributed by atoms with Gasteiger partial charge in [0.15, 0.2) is 5.11 Å². The van der Waals surface area contributed by atoms with E-state index in [1.165, 1.54) is 12.5 Å². The van der Waals surface area contributed by atoms with Crippen molar-refractivity contribution in [2.45, 2.75) is 32.1 Å². The Bertz CT molecular complexity index is 489. The lowest BCUT2D eigenvalue weighted by molar-refractivity contribution is -0.126. The molecule has 1 fully saturated rings. The van der Waals surface area contributed by atoms with E-state index in [1.54, 1.807) is 18.2 Å². The van der Waals surface area contributed by atoms with E-state index in [4.69, 9.17) is 12.2 Å². The van der Waals surface area contributed by atoms with Crippen LogP contribution in [-0.2, 0) is 4.79 Å². The summed E-state index contributed by atoms with van der Waals surface area (Å²) in [6.45, 7) is 0. The van der Waals surface area contributed by atoms with Gasteiger partial charge in [-0.05, 0) is 37.2 Å². The molecular weight excluding hydrogens is 277 g/mol. The van der Waals surface area contributed by atoms with Gasteiger partial charge in [0.25, 0.3) is 0 Å². The molecule has 108 valence electrons. The number of para-hydroxylation sites is 1. The number of carbonyl (C=O) groups excluding carboxylic acids is 1. The van der Waals surface area contributed by atoms with Crippen molar-refractivity contribution in [2.75, 3.05) is 5.32 Å². The standard InChI is InChI=1S/C14H18FN3OS/c15-11-8-4-5-9-12(11)16-14(20)18-17-13(19)10-6-2-1-3-7-10/h4-5,8-10H,1-3,6-7H2,(H,17,19)(H2,16,18,20). The van der Waals surface area contributed by atoms with Crippen LogP contribution in [0.2, 0.25) is 0 Å². The predicted molar refractivity (Wildman–Crippen MR) is 80.5 cm³/mol. The van der Waals surface area contributed by atoms with Crippen molar-refractivity contribution < 1.29 is 9.18 Å². The first-order valence-corrected chi connectivity index (χ1v) is 7.19. The van der Waals surface area contributed by atoms with Gasteiger partial charge in [0.2, 0.25) is 5.91 Å². The second kappa shape index (κ2) is 7.19. The summed E-state index contributed by atoms with van der Waals surface area (Å²) >= 11 is 5.01. The number of carbonyl (C=O) groups is 1. The molecule has 0 radical (unpaired) electrons. The Kier molecular flexibility index (Phi) is 5.29. The third kappa shape index (κ3) is 4.16. The van der Waals surface area contributed by atoms with Gasteiger partial charge in [-0.1, -0.05) is 31.4 Å². The van der Waals surface area contributed by atoms with E-state index in [1.807, 2.05) is 0 Å². The summed E-state index contributed by atoms with van der Waals surface area (Å²) in [7, 11) is 0. The molecule has 1 aromatic rings. The highest BCUT2D eigenvalue weighted by Gasteiger charge is 2.20. The SMILES string of the molecule is O=C(NNC(=S)Nc1ccccc1F)C1CCCCC1. The molecule has 1 aliphatic carbocycles. The number of hydrazine groups is 1. The molecule has 6 heteroatoms. The van der Waals surface area contributed by atoms with Crippen LogP contribution >= 0.6 is 12.2 Å². The topological polar surface area (TPSA) is 53.2 Å². The van der Waals surface area contributed by atoms with E-state index in [0.717, 1.165) is 25.7 Å². The average molecular weight is 295 g/mol. The highest BCUT2D eigenvalue weighted by molar-refractivity contribution is 7.80. The fraction of sp³-hybridized carbons (Fsp3) is 0.429. The molecule has 0 bridgehead atoms. The molecule has 0 aromatic heterocycles. The number of thiocarbonyl (C=S) groups is 1. The highest BCUT2D eigenvalue weighted by Crippen LogP contribution is 2.23. The molecule has 0 heterocycles. The molecule has 20 heavy (non-hydrogen) atoms. The number of nitrogens with one attached hydrogen (secondary N) is 3. The van der Waals surface area contributed by atoms with Crippen LogP contribution in [0.5, 0.6) is 0 Å². The summed E-state index contributed by atoms with van der Waals surface area (Å²) in [5.41, 5.74) is 5.46. The maximum atomic E-state index is 13.4. The van der Waals surface area contributed by atoms with Crippen LogP contribution in [0.1, 0.15) is 32.1 Å². The van der Waals surface area contributed by atoms with Crippen molar-refractivity contribution in [3.8, 4) is 0 Å². The Balaban J connectivity index is 1.77.